The number of aliphatic hydroxyl groups excluding tert-OH is 1. The minimum absolute atomic E-state index is 0.0995. The van der Waals surface area contributed by atoms with E-state index < -0.39 is 6.10 Å². The SMILES string of the molecule is CC1CN(C)C(=O)C1O. The Kier molecular flexibility index (Phi) is 1.45. The van der Waals surface area contributed by atoms with Gasteiger partial charge in [0.05, 0.1) is 0 Å². The molecule has 1 aliphatic heterocycles. The highest BCUT2D eigenvalue weighted by Gasteiger charge is 2.33. The van der Waals surface area contributed by atoms with E-state index in [-0.39, 0.29) is 11.8 Å². The second kappa shape index (κ2) is 1.99. The quantitative estimate of drug-likeness (QED) is 0.477. The maximum Gasteiger partial charge on any atom is 0.251 e. The number of hydrogen-bond acceptors (Lipinski definition) is 2. The third kappa shape index (κ3) is 0.920. The molecule has 0 spiro atoms. The molecule has 0 saturated carbocycles. The number of nitrogens with zero attached hydrogens (tertiary/aromatic N) is 1. The highest BCUT2D eigenvalue weighted by atomic mass is 16.3. The first-order chi connectivity index (χ1) is 4.13. The summed E-state index contributed by atoms with van der Waals surface area (Å²) in [6.07, 6.45) is -0.755. The van der Waals surface area contributed by atoms with Crippen molar-refractivity contribution < 1.29 is 9.90 Å². The van der Waals surface area contributed by atoms with Crippen molar-refractivity contribution in [3.8, 4) is 0 Å². The van der Waals surface area contributed by atoms with E-state index in [1.54, 1.807) is 11.9 Å². The van der Waals surface area contributed by atoms with Crippen molar-refractivity contribution in [1.29, 1.82) is 0 Å². The van der Waals surface area contributed by atoms with Crippen LogP contribution >= 0.6 is 0 Å². The van der Waals surface area contributed by atoms with Crippen LogP contribution in [0.5, 0.6) is 0 Å². The molecule has 0 radical (unpaired) electrons. The van der Waals surface area contributed by atoms with Gasteiger partial charge in [0.2, 0.25) is 0 Å². The van der Waals surface area contributed by atoms with Crippen LogP contribution in [0.1, 0.15) is 6.92 Å². The van der Waals surface area contributed by atoms with E-state index in [4.69, 9.17) is 5.11 Å². The van der Waals surface area contributed by atoms with E-state index in [1.807, 2.05) is 6.92 Å². The molecule has 2 atom stereocenters. The van der Waals surface area contributed by atoms with Crippen LogP contribution in [0, 0.1) is 5.92 Å². The fraction of sp³-hybridized carbons (Fsp3) is 0.833. The van der Waals surface area contributed by atoms with Crippen LogP contribution < -0.4 is 0 Å². The lowest BCUT2D eigenvalue weighted by Gasteiger charge is -2.04. The highest BCUT2D eigenvalue weighted by Crippen LogP contribution is 2.14. The van der Waals surface area contributed by atoms with Gasteiger partial charge >= 0.3 is 0 Å². The number of likely N-dealkylation sites (tertiary alicyclic amines) is 1. The van der Waals surface area contributed by atoms with E-state index in [1.165, 1.54) is 0 Å². The average molecular weight is 129 g/mol. The fourth-order valence-electron chi connectivity index (χ4n) is 1.09. The number of carbonyl (C=O) groups is 1. The molecule has 1 amide bonds. The van der Waals surface area contributed by atoms with Gasteiger partial charge in [0.25, 0.3) is 5.91 Å². The zero-order chi connectivity index (χ0) is 7.02. The normalized spacial score (nSPS) is 35.9. The van der Waals surface area contributed by atoms with Crippen LogP contribution in [0.15, 0.2) is 0 Å². The van der Waals surface area contributed by atoms with Gasteiger partial charge in [0.15, 0.2) is 0 Å². The van der Waals surface area contributed by atoms with Crippen LogP contribution in [0.3, 0.4) is 0 Å². The summed E-state index contributed by atoms with van der Waals surface area (Å²) in [7, 11) is 1.70. The first-order valence-electron chi connectivity index (χ1n) is 3.06. The summed E-state index contributed by atoms with van der Waals surface area (Å²) in [6, 6.07) is 0. The fourth-order valence-corrected chi connectivity index (χ4v) is 1.09. The first-order valence-corrected chi connectivity index (χ1v) is 3.06. The Morgan fingerprint density at radius 2 is 2.33 bits per heavy atom. The molecule has 0 bridgehead atoms. The lowest BCUT2D eigenvalue weighted by molar-refractivity contribution is -0.133. The predicted molar refractivity (Wildman–Crippen MR) is 32.8 cm³/mol. The standard InChI is InChI=1S/C6H11NO2/c1-4-3-7(2)6(9)5(4)8/h4-5,8H,3H2,1-2H3. The van der Waals surface area contributed by atoms with Crippen molar-refractivity contribution in [3.63, 3.8) is 0 Å². The Morgan fingerprint density at radius 1 is 1.78 bits per heavy atom. The van der Waals surface area contributed by atoms with Gasteiger partial charge in [-0.1, -0.05) is 6.92 Å². The monoisotopic (exact) mass is 129 g/mol. The molecule has 1 aliphatic rings. The third-order valence-corrected chi connectivity index (χ3v) is 1.73. The molecule has 1 N–H and O–H groups in total. The second-order valence-electron chi connectivity index (χ2n) is 2.64. The predicted octanol–water partition coefficient (Wildman–Crippen LogP) is -0.545. The van der Waals surface area contributed by atoms with E-state index in [0.29, 0.717) is 6.54 Å². The molecule has 1 fully saturated rings. The van der Waals surface area contributed by atoms with Crippen LogP contribution in [0.2, 0.25) is 0 Å². The van der Waals surface area contributed by atoms with Gasteiger partial charge in [-0.25, -0.2) is 0 Å². The molecule has 0 aromatic carbocycles. The summed E-state index contributed by atoms with van der Waals surface area (Å²) < 4.78 is 0. The van der Waals surface area contributed by atoms with Crippen molar-refractivity contribution in [2.45, 2.75) is 13.0 Å². The van der Waals surface area contributed by atoms with Crippen LogP contribution in [0.25, 0.3) is 0 Å². The molecule has 52 valence electrons. The molecule has 1 rings (SSSR count). The van der Waals surface area contributed by atoms with Crippen LogP contribution in [-0.2, 0) is 4.79 Å². The molecule has 1 heterocycles. The lowest BCUT2D eigenvalue weighted by atomic mass is 10.1. The summed E-state index contributed by atoms with van der Waals surface area (Å²) in [5.41, 5.74) is 0. The summed E-state index contributed by atoms with van der Waals surface area (Å²) in [6.45, 7) is 2.55. The Morgan fingerprint density at radius 3 is 2.44 bits per heavy atom. The molecule has 3 nitrogen and oxygen atoms in total. The summed E-state index contributed by atoms with van der Waals surface area (Å²) >= 11 is 0. The summed E-state index contributed by atoms with van der Waals surface area (Å²) in [5, 5.41) is 9.05. The Bertz CT molecular complexity index is 135. The van der Waals surface area contributed by atoms with Crippen molar-refractivity contribution in [2.24, 2.45) is 5.92 Å². The maximum atomic E-state index is 10.8. The smallest absolute Gasteiger partial charge is 0.251 e. The molecule has 0 aromatic rings. The third-order valence-electron chi connectivity index (χ3n) is 1.73. The second-order valence-corrected chi connectivity index (χ2v) is 2.64. The number of likely N-dealkylation sites (N-methyl/N-ethyl adjacent to an activating group) is 1. The molecule has 0 aliphatic carbocycles. The molecular weight excluding hydrogens is 118 g/mol. The Hall–Kier alpha value is -0.570. The number of amides is 1. The molecular formula is C6H11NO2. The van der Waals surface area contributed by atoms with Gasteiger partial charge < -0.3 is 10.0 Å². The Balaban J connectivity index is 2.65. The molecule has 2 unspecified atom stereocenters. The van der Waals surface area contributed by atoms with E-state index >= 15 is 0 Å². The van der Waals surface area contributed by atoms with Gasteiger partial charge in [-0.15, -0.1) is 0 Å². The van der Waals surface area contributed by atoms with Crippen molar-refractivity contribution in [2.75, 3.05) is 13.6 Å². The molecule has 0 aromatic heterocycles. The molecule has 3 heteroatoms. The summed E-state index contributed by atoms with van der Waals surface area (Å²) in [4.78, 5) is 12.3. The van der Waals surface area contributed by atoms with Gasteiger partial charge in [-0.2, -0.15) is 0 Å². The van der Waals surface area contributed by atoms with E-state index in [2.05, 4.69) is 0 Å². The minimum atomic E-state index is -0.755. The van der Waals surface area contributed by atoms with Gasteiger partial charge in [-0.3, -0.25) is 4.79 Å². The topological polar surface area (TPSA) is 40.5 Å². The van der Waals surface area contributed by atoms with Crippen LogP contribution in [-0.4, -0.2) is 35.6 Å². The molecule has 9 heavy (non-hydrogen) atoms. The van der Waals surface area contributed by atoms with Crippen molar-refractivity contribution in [1.82, 2.24) is 4.90 Å². The average Bonchev–Trinajstić information content (AvgIpc) is 1.98. The largest absolute Gasteiger partial charge is 0.383 e. The van der Waals surface area contributed by atoms with Gasteiger partial charge in [-0.05, 0) is 0 Å². The molecule has 1 saturated heterocycles. The number of hydrogen-bond donors (Lipinski definition) is 1. The number of rotatable bonds is 0. The van der Waals surface area contributed by atoms with Gasteiger partial charge in [0, 0.05) is 19.5 Å². The number of carbonyl (C=O) groups excluding carboxylic acids is 1. The maximum absolute atomic E-state index is 10.8. The van der Waals surface area contributed by atoms with Crippen molar-refractivity contribution >= 4 is 5.91 Å². The minimum Gasteiger partial charge on any atom is -0.383 e. The zero-order valence-electron chi connectivity index (χ0n) is 5.66. The van der Waals surface area contributed by atoms with Gasteiger partial charge in [0.1, 0.15) is 6.10 Å². The van der Waals surface area contributed by atoms with Crippen LogP contribution in [0.4, 0.5) is 0 Å². The zero-order valence-corrected chi connectivity index (χ0v) is 5.66. The first kappa shape index (κ1) is 6.55. The number of aliphatic hydroxyl groups is 1. The Labute approximate surface area is 54.3 Å². The van der Waals surface area contributed by atoms with E-state index in [0.717, 1.165) is 0 Å². The lowest BCUT2D eigenvalue weighted by Crippen LogP contribution is -2.25. The van der Waals surface area contributed by atoms with Crippen molar-refractivity contribution in [3.05, 3.63) is 0 Å². The summed E-state index contributed by atoms with van der Waals surface area (Å²) in [5.74, 6) is -0.0509. The highest BCUT2D eigenvalue weighted by molar-refractivity contribution is 5.82. The van der Waals surface area contributed by atoms with E-state index in [9.17, 15) is 4.79 Å².